The topological polar surface area (TPSA) is 41.1 Å². The van der Waals surface area contributed by atoms with Gasteiger partial charge in [-0.3, -0.25) is 0 Å². The minimum absolute atomic E-state index is 0.229. The zero-order valence-electron chi connectivity index (χ0n) is 14.4. The van der Waals surface area contributed by atoms with Gasteiger partial charge in [0, 0.05) is 23.2 Å². The Balaban J connectivity index is 1.60. The van der Waals surface area contributed by atoms with Gasteiger partial charge in [0.15, 0.2) is 0 Å². The first-order chi connectivity index (χ1) is 12.7. The van der Waals surface area contributed by atoms with Crippen LogP contribution in [0.1, 0.15) is 23.5 Å². The number of halogens is 1. The van der Waals surface area contributed by atoms with Crippen LogP contribution in [0.4, 0.5) is 10.5 Å². The molecular formula is C22H21ClN2O. The molecule has 0 aliphatic heterocycles. The number of carbonyl (C=O) groups excluding carboxylic acids is 1. The third-order valence-electron chi connectivity index (χ3n) is 4.20. The van der Waals surface area contributed by atoms with Gasteiger partial charge in [-0.2, -0.15) is 0 Å². The molecule has 3 rings (SSSR count). The van der Waals surface area contributed by atoms with Crippen LogP contribution in [0.5, 0.6) is 0 Å². The molecule has 132 valence electrons. The molecule has 0 radical (unpaired) electrons. The number of nitrogens with one attached hydrogen (secondary N) is 2. The molecule has 0 fully saturated rings. The van der Waals surface area contributed by atoms with Crippen molar-refractivity contribution >= 4 is 23.3 Å². The summed E-state index contributed by atoms with van der Waals surface area (Å²) < 4.78 is 0. The molecule has 0 saturated carbocycles. The molecule has 0 spiro atoms. The SMILES string of the molecule is O=C(NCCC(c1ccccc1)c1ccccc1)Nc1cccc(Cl)c1. The molecule has 2 N–H and O–H groups in total. The maximum Gasteiger partial charge on any atom is 0.319 e. The number of amides is 2. The molecule has 26 heavy (non-hydrogen) atoms. The van der Waals surface area contributed by atoms with Crippen molar-refractivity contribution in [1.82, 2.24) is 5.32 Å². The summed E-state index contributed by atoms with van der Waals surface area (Å²) in [6.45, 7) is 0.570. The molecule has 3 aromatic rings. The standard InChI is InChI=1S/C22H21ClN2O/c23-19-12-7-13-20(16-19)25-22(26)24-15-14-21(17-8-3-1-4-9-17)18-10-5-2-6-11-18/h1-13,16,21H,14-15H2,(H2,24,25,26). The molecule has 2 amide bonds. The number of hydrogen-bond donors (Lipinski definition) is 2. The molecule has 0 aliphatic rings. The Bertz CT molecular complexity index is 798. The predicted octanol–water partition coefficient (Wildman–Crippen LogP) is 5.68. The molecule has 0 heterocycles. The van der Waals surface area contributed by atoms with Crippen molar-refractivity contribution in [2.45, 2.75) is 12.3 Å². The van der Waals surface area contributed by atoms with Crippen LogP contribution in [0.2, 0.25) is 5.02 Å². The third kappa shape index (κ3) is 5.11. The van der Waals surface area contributed by atoms with Crippen LogP contribution >= 0.6 is 11.6 Å². The van der Waals surface area contributed by atoms with Crippen molar-refractivity contribution in [3.63, 3.8) is 0 Å². The Kier molecular flexibility index (Phi) is 6.29. The Labute approximate surface area is 159 Å². The Morgan fingerprint density at radius 1 is 0.846 bits per heavy atom. The van der Waals surface area contributed by atoms with E-state index in [1.807, 2.05) is 42.5 Å². The van der Waals surface area contributed by atoms with Gasteiger partial charge in [-0.1, -0.05) is 78.3 Å². The first-order valence-corrected chi connectivity index (χ1v) is 9.00. The number of anilines is 1. The molecular weight excluding hydrogens is 344 g/mol. The van der Waals surface area contributed by atoms with Crippen LogP contribution in [0.25, 0.3) is 0 Å². The van der Waals surface area contributed by atoms with E-state index in [1.165, 1.54) is 11.1 Å². The Hall–Kier alpha value is -2.78. The van der Waals surface area contributed by atoms with Crippen molar-refractivity contribution in [3.05, 3.63) is 101 Å². The summed E-state index contributed by atoms with van der Waals surface area (Å²) in [6.07, 6.45) is 0.816. The quantitative estimate of drug-likeness (QED) is 0.580. The van der Waals surface area contributed by atoms with Gasteiger partial charge in [0.1, 0.15) is 0 Å². The van der Waals surface area contributed by atoms with Crippen molar-refractivity contribution in [2.24, 2.45) is 0 Å². The summed E-state index contributed by atoms with van der Waals surface area (Å²) in [4.78, 5) is 12.1. The van der Waals surface area contributed by atoms with Gasteiger partial charge in [-0.05, 0) is 35.7 Å². The zero-order chi connectivity index (χ0) is 18.2. The number of rotatable bonds is 6. The summed E-state index contributed by atoms with van der Waals surface area (Å²) in [6, 6.07) is 27.6. The lowest BCUT2D eigenvalue weighted by atomic mass is 9.88. The molecule has 0 saturated heterocycles. The van der Waals surface area contributed by atoms with Crippen molar-refractivity contribution in [3.8, 4) is 0 Å². The van der Waals surface area contributed by atoms with E-state index in [0.717, 1.165) is 6.42 Å². The highest BCUT2D eigenvalue weighted by atomic mass is 35.5. The van der Waals surface area contributed by atoms with Crippen LogP contribution in [-0.4, -0.2) is 12.6 Å². The van der Waals surface area contributed by atoms with Crippen LogP contribution in [0.3, 0.4) is 0 Å². The lowest BCUT2D eigenvalue weighted by Gasteiger charge is -2.18. The molecule has 3 nitrogen and oxygen atoms in total. The maximum atomic E-state index is 12.1. The summed E-state index contributed by atoms with van der Waals surface area (Å²) in [5, 5.41) is 6.32. The number of benzene rings is 3. The molecule has 0 aliphatic carbocycles. The van der Waals surface area contributed by atoms with Gasteiger partial charge < -0.3 is 10.6 Å². The smallest absolute Gasteiger partial charge is 0.319 e. The van der Waals surface area contributed by atoms with Gasteiger partial charge in [0.25, 0.3) is 0 Å². The number of urea groups is 1. The Morgan fingerprint density at radius 2 is 1.46 bits per heavy atom. The largest absolute Gasteiger partial charge is 0.338 e. The summed E-state index contributed by atoms with van der Waals surface area (Å²) in [5.41, 5.74) is 3.17. The fourth-order valence-electron chi connectivity index (χ4n) is 2.97. The monoisotopic (exact) mass is 364 g/mol. The van der Waals surface area contributed by atoms with Crippen LogP contribution in [0.15, 0.2) is 84.9 Å². The van der Waals surface area contributed by atoms with Crippen LogP contribution < -0.4 is 10.6 Å². The highest BCUT2D eigenvalue weighted by molar-refractivity contribution is 6.30. The van der Waals surface area contributed by atoms with Gasteiger partial charge in [-0.15, -0.1) is 0 Å². The van der Waals surface area contributed by atoms with E-state index >= 15 is 0 Å². The summed E-state index contributed by atoms with van der Waals surface area (Å²) in [7, 11) is 0. The fraction of sp³-hybridized carbons (Fsp3) is 0.136. The Morgan fingerprint density at radius 3 is 2.04 bits per heavy atom. The van der Waals surface area contributed by atoms with Crippen molar-refractivity contribution < 1.29 is 4.79 Å². The third-order valence-corrected chi connectivity index (χ3v) is 4.44. The van der Waals surface area contributed by atoms with Crippen molar-refractivity contribution in [2.75, 3.05) is 11.9 Å². The average Bonchev–Trinajstić information content (AvgIpc) is 2.67. The molecule has 0 aromatic heterocycles. The molecule has 0 bridgehead atoms. The van der Waals surface area contributed by atoms with Crippen molar-refractivity contribution in [1.29, 1.82) is 0 Å². The summed E-state index contributed by atoms with van der Waals surface area (Å²) >= 11 is 5.94. The minimum atomic E-state index is -0.229. The molecule has 0 atom stereocenters. The van der Waals surface area contributed by atoms with E-state index in [2.05, 4.69) is 34.9 Å². The van der Waals surface area contributed by atoms with Gasteiger partial charge in [-0.25, -0.2) is 4.79 Å². The fourth-order valence-corrected chi connectivity index (χ4v) is 3.16. The van der Waals surface area contributed by atoms with E-state index in [0.29, 0.717) is 17.3 Å². The van der Waals surface area contributed by atoms with Crippen LogP contribution in [0, 0.1) is 0 Å². The van der Waals surface area contributed by atoms with Crippen LogP contribution in [-0.2, 0) is 0 Å². The van der Waals surface area contributed by atoms with Gasteiger partial charge >= 0.3 is 6.03 Å². The highest BCUT2D eigenvalue weighted by Gasteiger charge is 2.14. The predicted molar refractivity (Wildman–Crippen MR) is 108 cm³/mol. The van der Waals surface area contributed by atoms with E-state index in [4.69, 9.17) is 11.6 Å². The molecule has 3 aromatic carbocycles. The first-order valence-electron chi connectivity index (χ1n) is 8.62. The average molecular weight is 365 g/mol. The number of hydrogen-bond acceptors (Lipinski definition) is 1. The van der Waals surface area contributed by atoms with Gasteiger partial charge in [0.2, 0.25) is 0 Å². The minimum Gasteiger partial charge on any atom is -0.338 e. The maximum absolute atomic E-state index is 12.1. The van der Waals surface area contributed by atoms with E-state index in [1.54, 1.807) is 18.2 Å². The first kappa shape index (κ1) is 18.0. The van der Waals surface area contributed by atoms with E-state index in [9.17, 15) is 4.79 Å². The normalized spacial score (nSPS) is 10.5. The lowest BCUT2D eigenvalue weighted by molar-refractivity contribution is 0.252. The van der Waals surface area contributed by atoms with E-state index < -0.39 is 0 Å². The number of carbonyl (C=O) groups is 1. The van der Waals surface area contributed by atoms with Gasteiger partial charge in [0.05, 0.1) is 0 Å². The summed E-state index contributed by atoms with van der Waals surface area (Å²) in [5.74, 6) is 0.240. The second kappa shape index (κ2) is 9.07. The van der Waals surface area contributed by atoms with E-state index in [-0.39, 0.29) is 11.9 Å². The molecule has 0 unspecified atom stereocenters. The zero-order valence-corrected chi connectivity index (χ0v) is 15.1. The second-order valence-electron chi connectivity index (χ2n) is 6.05. The lowest BCUT2D eigenvalue weighted by Crippen LogP contribution is -2.30. The second-order valence-corrected chi connectivity index (χ2v) is 6.49. The molecule has 4 heteroatoms. The highest BCUT2D eigenvalue weighted by Crippen LogP contribution is 2.27.